The summed E-state index contributed by atoms with van der Waals surface area (Å²) < 4.78 is 118. The summed E-state index contributed by atoms with van der Waals surface area (Å²) in [6.07, 6.45) is -8.02. The number of hydrogen-bond donors (Lipinski definition) is 2. The van der Waals surface area contributed by atoms with Crippen molar-refractivity contribution in [3.05, 3.63) is 88.5 Å². The Hall–Kier alpha value is -3.95. The summed E-state index contributed by atoms with van der Waals surface area (Å²) in [5, 5.41) is 1.97. The lowest BCUT2D eigenvalue weighted by molar-refractivity contribution is -0.141. The standard InChI is InChI=1S/C26H19ClF6N4O4S/c1-14-2-6-20(42(38,39)40)19(10-14)18-11-17(41-21-7-4-16(12-35-21)25(28,29)30)5-3-15(18)8-9-34-24-22(27)23(26(31,32)33)36-13-37-24/h2-7,10-13H,8-9H2,1H3,(H,34,36,37)(H,38,39,40). The second kappa shape index (κ2) is 11.7. The number of aryl methyl sites for hydroxylation is 1. The molecule has 0 bridgehead atoms. The number of nitrogens with one attached hydrogen (secondary N) is 1. The van der Waals surface area contributed by atoms with Gasteiger partial charge in [-0.15, -0.1) is 0 Å². The van der Waals surface area contributed by atoms with Crippen molar-refractivity contribution in [1.29, 1.82) is 0 Å². The maximum atomic E-state index is 13.2. The molecule has 0 unspecified atom stereocenters. The highest BCUT2D eigenvalue weighted by Gasteiger charge is 2.36. The highest BCUT2D eigenvalue weighted by atomic mass is 35.5. The van der Waals surface area contributed by atoms with Gasteiger partial charge in [0, 0.05) is 24.4 Å². The first kappa shape index (κ1) is 31.0. The molecule has 0 fully saturated rings. The smallest absolute Gasteiger partial charge is 0.435 e. The second-order valence-corrected chi connectivity index (χ2v) is 10.6. The zero-order valence-electron chi connectivity index (χ0n) is 21.3. The first-order valence-corrected chi connectivity index (χ1v) is 13.6. The molecule has 2 heterocycles. The van der Waals surface area contributed by atoms with Crippen LogP contribution in [0.15, 0.2) is 66.0 Å². The van der Waals surface area contributed by atoms with Gasteiger partial charge in [0.25, 0.3) is 10.1 Å². The van der Waals surface area contributed by atoms with Crippen LogP contribution in [0.5, 0.6) is 11.6 Å². The Labute approximate surface area is 240 Å². The van der Waals surface area contributed by atoms with Crippen LogP contribution in [-0.4, -0.2) is 34.5 Å². The van der Waals surface area contributed by atoms with Crippen molar-refractivity contribution in [2.75, 3.05) is 11.9 Å². The lowest BCUT2D eigenvalue weighted by Crippen LogP contribution is -2.13. The molecule has 2 aromatic heterocycles. The number of pyridine rings is 1. The minimum absolute atomic E-state index is 0.0191. The van der Waals surface area contributed by atoms with Gasteiger partial charge in [-0.25, -0.2) is 15.0 Å². The Bertz CT molecular complexity index is 1720. The van der Waals surface area contributed by atoms with E-state index in [1.54, 1.807) is 6.92 Å². The minimum atomic E-state index is -4.81. The van der Waals surface area contributed by atoms with Crippen LogP contribution in [0.25, 0.3) is 11.1 Å². The van der Waals surface area contributed by atoms with Crippen molar-refractivity contribution in [3.8, 4) is 22.8 Å². The van der Waals surface area contributed by atoms with Crippen molar-refractivity contribution < 1.29 is 44.0 Å². The van der Waals surface area contributed by atoms with Gasteiger partial charge in [0.2, 0.25) is 5.88 Å². The number of ether oxygens (including phenoxy) is 1. The van der Waals surface area contributed by atoms with E-state index in [4.69, 9.17) is 16.3 Å². The van der Waals surface area contributed by atoms with Crippen LogP contribution in [0, 0.1) is 6.92 Å². The van der Waals surface area contributed by atoms with E-state index in [1.165, 1.54) is 36.4 Å². The highest BCUT2D eigenvalue weighted by molar-refractivity contribution is 7.86. The number of hydrogen-bond acceptors (Lipinski definition) is 7. The lowest BCUT2D eigenvalue weighted by atomic mass is 9.96. The number of aromatic nitrogens is 3. The van der Waals surface area contributed by atoms with Crippen LogP contribution in [-0.2, 0) is 28.9 Å². The van der Waals surface area contributed by atoms with Crippen molar-refractivity contribution in [1.82, 2.24) is 15.0 Å². The summed E-state index contributed by atoms with van der Waals surface area (Å²) in [6.45, 7) is 1.66. The fourth-order valence-corrected chi connectivity index (χ4v) is 4.86. The van der Waals surface area contributed by atoms with Crippen LogP contribution in [0.2, 0.25) is 5.02 Å². The summed E-state index contributed by atoms with van der Waals surface area (Å²) >= 11 is 5.84. The predicted molar refractivity (Wildman–Crippen MR) is 140 cm³/mol. The number of halogens is 7. The number of anilines is 1. The molecule has 0 saturated carbocycles. The summed E-state index contributed by atoms with van der Waals surface area (Å²) in [5.41, 5.74) is -0.878. The van der Waals surface area contributed by atoms with Gasteiger partial charge in [-0.1, -0.05) is 35.4 Å². The average molecular weight is 633 g/mol. The van der Waals surface area contributed by atoms with Crippen molar-refractivity contribution >= 4 is 27.5 Å². The van der Waals surface area contributed by atoms with E-state index in [0.717, 1.165) is 12.1 Å². The van der Waals surface area contributed by atoms with E-state index < -0.39 is 43.6 Å². The molecule has 0 radical (unpaired) electrons. The molecule has 222 valence electrons. The minimum Gasteiger partial charge on any atom is -0.439 e. The van der Waals surface area contributed by atoms with E-state index in [-0.39, 0.29) is 41.5 Å². The van der Waals surface area contributed by atoms with Crippen LogP contribution >= 0.6 is 11.6 Å². The number of rotatable bonds is 8. The molecular formula is C26H19ClF6N4O4S. The summed E-state index contributed by atoms with van der Waals surface area (Å²) in [5.74, 6) is -0.380. The normalized spacial score (nSPS) is 12.3. The Morgan fingerprint density at radius 1 is 0.929 bits per heavy atom. The average Bonchev–Trinajstić information content (AvgIpc) is 2.88. The molecule has 2 aromatic carbocycles. The molecule has 8 nitrogen and oxygen atoms in total. The summed E-state index contributed by atoms with van der Waals surface area (Å²) in [7, 11) is -4.71. The maximum Gasteiger partial charge on any atom is 0.435 e. The Morgan fingerprint density at radius 2 is 1.67 bits per heavy atom. The van der Waals surface area contributed by atoms with Gasteiger partial charge in [0.05, 0.1) is 5.56 Å². The quantitative estimate of drug-likeness (QED) is 0.154. The molecule has 0 aliphatic heterocycles. The van der Waals surface area contributed by atoms with Gasteiger partial charge < -0.3 is 10.1 Å². The Kier molecular flexibility index (Phi) is 8.66. The van der Waals surface area contributed by atoms with Gasteiger partial charge in [0.1, 0.15) is 27.8 Å². The predicted octanol–water partition coefficient (Wildman–Crippen LogP) is 7.23. The van der Waals surface area contributed by atoms with Gasteiger partial charge in [0.15, 0.2) is 5.69 Å². The zero-order chi connectivity index (χ0) is 30.9. The highest BCUT2D eigenvalue weighted by Crippen LogP contribution is 2.37. The molecule has 0 aliphatic carbocycles. The van der Waals surface area contributed by atoms with E-state index in [9.17, 15) is 39.3 Å². The van der Waals surface area contributed by atoms with Gasteiger partial charge in [-0.05, 0) is 48.7 Å². The van der Waals surface area contributed by atoms with Crippen LogP contribution < -0.4 is 10.1 Å². The van der Waals surface area contributed by atoms with Crippen LogP contribution in [0.3, 0.4) is 0 Å². The second-order valence-electron chi connectivity index (χ2n) is 8.84. The van der Waals surface area contributed by atoms with Crippen molar-refractivity contribution in [2.24, 2.45) is 0 Å². The summed E-state index contributed by atoms with van der Waals surface area (Å²) in [4.78, 5) is 10.1. The molecule has 16 heteroatoms. The van der Waals surface area contributed by atoms with E-state index in [0.29, 0.717) is 23.7 Å². The molecule has 2 N–H and O–H groups in total. The van der Waals surface area contributed by atoms with Crippen LogP contribution in [0.4, 0.5) is 32.2 Å². The number of alkyl halides is 6. The Morgan fingerprint density at radius 3 is 2.29 bits per heavy atom. The topological polar surface area (TPSA) is 114 Å². The molecule has 0 atom stereocenters. The first-order valence-electron chi connectivity index (χ1n) is 11.8. The largest absolute Gasteiger partial charge is 0.439 e. The third-order valence-corrected chi connectivity index (χ3v) is 7.09. The molecule has 4 aromatic rings. The summed E-state index contributed by atoms with van der Waals surface area (Å²) in [6, 6.07) is 10.3. The molecule has 4 rings (SSSR count). The van der Waals surface area contributed by atoms with Crippen molar-refractivity contribution in [2.45, 2.75) is 30.6 Å². The molecule has 0 amide bonds. The monoisotopic (exact) mass is 632 g/mol. The van der Waals surface area contributed by atoms with Crippen LogP contribution in [0.1, 0.15) is 22.4 Å². The van der Waals surface area contributed by atoms with E-state index in [1.807, 2.05) is 0 Å². The first-order chi connectivity index (χ1) is 19.5. The SMILES string of the molecule is Cc1ccc(S(=O)(=O)O)c(-c2cc(Oc3ccc(C(F)(F)F)cn3)ccc2CCNc2ncnc(C(F)(F)F)c2Cl)c1. The lowest BCUT2D eigenvalue weighted by Gasteiger charge is -2.17. The van der Waals surface area contributed by atoms with Gasteiger partial charge in [-0.2, -0.15) is 34.8 Å². The fourth-order valence-electron chi connectivity index (χ4n) is 3.90. The molecular weight excluding hydrogens is 614 g/mol. The number of nitrogens with zero attached hydrogens (tertiary/aromatic N) is 3. The van der Waals surface area contributed by atoms with Crippen molar-refractivity contribution in [3.63, 3.8) is 0 Å². The Balaban J connectivity index is 1.70. The van der Waals surface area contributed by atoms with E-state index in [2.05, 4.69) is 20.3 Å². The number of benzene rings is 2. The third-order valence-electron chi connectivity index (χ3n) is 5.82. The molecule has 0 spiro atoms. The zero-order valence-corrected chi connectivity index (χ0v) is 22.8. The maximum absolute atomic E-state index is 13.2. The fraction of sp³-hybridized carbons (Fsp3) is 0.192. The molecule has 0 saturated heterocycles. The van der Waals surface area contributed by atoms with Gasteiger partial charge >= 0.3 is 12.4 Å². The molecule has 0 aliphatic rings. The third kappa shape index (κ3) is 7.27. The van der Waals surface area contributed by atoms with Gasteiger partial charge in [-0.3, -0.25) is 4.55 Å². The van der Waals surface area contributed by atoms with E-state index >= 15 is 0 Å². The molecule has 42 heavy (non-hydrogen) atoms.